The molecule has 0 saturated carbocycles. The lowest BCUT2D eigenvalue weighted by Crippen LogP contribution is -2.44. The Balaban J connectivity index is 2.15. The van der Waals surface area contributed by atoms with Crippen LogP contribution < -0.4 is 5.48 Å². The van der Waals surface area contributed by atoms with E-state index in [1.54, 1.807) is 17.7 Å². The van der Waals surface area contributed by atoms with Gasteiger partial charge < -0.3 is 24.6 Å². The second-order valence-corrected chi connectivity index (χ2v) is 5.63. The molecule has 0 amide bonds. The van der Waals surface area contributed by atoms with E-state index in [-0.39, 0.29) is 5.82 Å². The molecule has 22 heavy (non-hydrogen) atoms. The molecule has 3 heterocycles. The van der Waals surface area contributed by atoms with Gasteiger partial charge >= 0.3 is 0 Å². The molecule has 0 aliphatic carbocycles. The van der Waals surface area contributed by atoms with Gasteiger partial charge in [0.05, 0.1) is 12.0 Å². The summed E-state index contributed by atoms with van der Waals surface area (Å²) in [5.41, 5.74) is 1.59. The zero-order chi connectivity index (χ0) is 16.1. The van der Waals surface area contributed by atoms with Gasteiger partial charge in [-0.25, -0.2) is 9.97 Å². The monoisotopic (exact) mass is 310 g/mol. The fourth-order valence-corrected chi connectivity index (χ4v) is 2.92. The lowest BCUT2D eigenvalue weighted by Gasteiger charge is -2.27. The summed E-state index contributed by atoms with van der Waals surface area (Å²) in [6, 6.07) is 0. The average molecular weight is 310 g/mol. The third kappa shape index (κ3) is 1.98. The largest absolute Gasteiger partial charge is 0.394 e. The van der Waals surface area contributed by atoms with Crippen molar-refractivity contribution in [2.24, 2.45) is 0 Å². The average Bonchev–Trinajstić information content (AvgIpc) is 2.95. The standard InChI is InChI=1S/C13H18N4O5/c1-6-3-17(11-8(6)10(16-21)14-5-15-11)12-13(2,20)9(19)7(4-18)22-12/h3,5,7,9,12,18-21H,4H2,1-2H3,(H,14,15,16)/t7?,9-,12?,13-/m1/s1. The fraction of sp³-hybridized carbons (Fsp3) is 0.538. The van der Waals surface area contributed by atoms with Crippen molar-refractivity contribution >= 4 is 16.9 Å². The van der Waals surface area contributed by atoms with Crippen LogP contribution in [0.5, 0.6) is 0 Å². The van der Waals surface area contributed by atoms with Crippen LogP contribution in [0.15, 0.2) is 12.5 Å². The molecule has 1 aliphatic heterocycles. The molecule has 0 radical (unpaired) electrons. The van der Waals surface area contributed by atoms with Gasteiger partial charge in [-0.3, -0.25) is 10.7 Å². The van der Waals surface area contributed by atoms with Crippen molar-refractivity contribution in [1.82, 2.24) is 14.5 Å². The fourth-order valence-electron chi connectivity index (χ4n) is 2.92. The minimum Gasteiger partial charge on any atom is -0.394 e. The number of fused-ring (bicyclic) bond motifs is 1. The smallest absolute Gasteiger partial charge is 0.167 e. The third-order valence-corrected chi connectivity index (χ3v) is 4.09. The molecule has 4 atom stereocenters. The topological polar surface area (TPSA) is 133 Å². The number of hydrogen-bond donors (Lipinski definition) is 5. The first-order valence-corrected chi connectivity index (χ1v) is 6.80. The first-order valence-electron chi connectivity index (χ1n) is 6.80. The summed E-state index contributed by atoms with van der Waals surface area (Å²) >= 11 is 0. The highest BCUT2D eigenvalue weighted by molar-refractivity contribution is 5.90. The number of aryl methyl sites for hydroxylation is 1. The maximum absolute atomic E-state index is 10.6. The second kappa shape index (κ2) is 5.14. The van der Waals surface area contributed by atoms with Crippen molar-refractivity contribution in [3.8, 4) is 0 Å². The molecular formula is C13H18N4O5. The number of aromatic nitrogens is 3. The van der Waals surface area contributed by atoms with E-state index in [1.165, 1.54) is 13.3 Å². The first-order chi connectivity index (χ1) is 10.4. The zero-order valence-electron chi connectivity index (χ0n) is 12.1. The minimum atomic E-state index is -1.61. The highest BCUT2D eigenvalue weighted by Gasteiger charge is 2.53. The lowest BCUT2D eigenvalue weighted by molar-refractivity contribution is -0.0948. The normalized spacial score (nSPS) is 31.8. The SMILES string of the molecule is Cc1cn(C2OC(CO)[C@@H](O)[C@@]2(C)O)c2ncnc(NO)c12. The Morgan fingerprint density at radius 3 is 2.77 bits per heavy atom. The zero-order valence-corrected chi connectivity index (χ0v) is 12.1. The van der Waals surface area contributed by atoms with Crippen LogP contribution >= 0.6 is 0 Å². The van der Waals surface area contributed by atoms with Crippen LogP contribution in [-0.2, 0) is 4.74 Å². The van der Waals surface area contributed by atoms with E-state index in [0.29, 0.717) is 11.0 Å². The highest BCUT2D eigenvalue weighted by atomic mass is 16.6. The number of aliphatic hydroxyl groups is 3. The van der Waals surface area contributed by atoms with E-state index < -0.39 is 30.6 Å². The summed E-state index contributed by atoms with van der Waals surface area (Å²) in [6.45, 7) is 2.82. The van der Waals surface area contributed by atoms with Crippen LogP contribution in [0.4, 0.5) is 5.82 Å². The summed E-state index contributed by atoms with van der Waals surface area (Å²) in [7, 11) is 0. The predicted octanol–water partition coefficient (Wildman–Crippen LogP) is -0.458. The quantitative estimate of drug-likeness (QED) is 0.481. The molecular weight excluding hydrogens is 292 g/mol. The van der Waals surface area contributed by atoms with Crippen LogP contribution in [0.3, 0.4) is 0 Å². The molecule has 9 nitrogen and oxygen atoms in total. The maximum Gasteiger partial charge on any atom is 0.167 e. The summed E-state index contributed by atoms with van der Waals surface area (Å²) < 4.78 is 7.15. The molecule has 2 aromatic rings. The summed E-state index contributed by atoms with van der Waals surface area (Å²) in [5.74, 6) is 0.234. The Bertz CT molecular complexity index is 701. The first kappa shape index (κ1) is 15.1. The summed E-state index contributed by atoms with van der Waals surface area (Å²) in [4.78, 5) is 8.09. The van der Waals surface area contributed by atoms with Gasteiger partial charge in [-0.05, 0) is 19.4 Å². The maximum atomic E-state index is 10.6. The number of hydrogen-bond acceptors (Lipinski definition) is 8. The Labute approximate surface area is 125 Å². The van der Waals surface area contributed by atoms with E-state index in [1.807, 2.05) is 5.48 Å². The molecule has 9 heteroatoms. The van der Waals surface area contributed by atoms with Crippen molar-refractivity contribution < 1.29 is 25.3 Å². The van der Waals surface area contributed by atoms with Crippen molar-refractivity contribution in [3.05, 3.63) is 18.1 Å². The molecule has 0 aromatic carbocycles. The molecule has 0 spiro atoms. The molecule has 120 valence electrons. The van der Waals surface area contributed by atoms with Gasteiger partial charge in [0, 0.05) is 6.20 Å². The van der Waals surface area contributed by atoms with E-state index in [2.05, 4.69) is 9.97 Å². The van der Waals surface area contributed by atoms with Crippen LogP contribution in [0.1, 0.15) is 18.7 Å². The minimum absolute atomic E-state index is 0.234. The Kier molecular flexibility index (Phi) is 3.54. The van der Waals surface area contributed by atoms with Gasteiger partial charge in [0.25, 0.3) is 0 Å². The predicted molar refractivity (Wildman–Crippen MR) is 75.3 cm³/mol. The Morgan fingerprint density at radius 2 is 2.18 bits per heavy atom. The Morgan fingerprint density at radius 1 is 1.45 bits per heavy atom. The number of rotatable bonds is 3. The van der Waals surface area contributed by atoms with Gasteiger partial charge in [-0.15, -0.1) is 0 Å². The molecule has 5 N–H and O–H groups in total. The number of anilines is 1. The number of nitrogens with one attached hydrogen (secondary N) is 1. The molecule has 2 unspecified atom stereocenters. The van der Waals surface area contributed by atoms with E-state index in [4.69, 9.17) is 9.94 Å². The molecule has 1 fully saturated rings. The number of ether oxygens (including phenoxy) is 1. The van der Waals surface area contributed by atoms with Gasteiger partial charge in [-0.1, -0.05) is 0 Å². The Hall–Kier alpha value is -1.78. The molecule has 2 aromatic heterocycles. The van der Waals surface area contributed by atoms with Gasteiger partial charge in [0.15, 0.2) is 12.0 Å². The van der Waals surface area contributed by atoms with E-state index >= 15 is 0 Å². The third-order valence-electron chi connectivity index (χ3n) is 4.09. The summed E-state index contributed by atoms with van der Waals surface area (Å²) in [6.07, 6.45) is -0.114. The lowest BCUT2D eigenvalue weighted by atomic mass is 9.96. The van der Waals surface area contributed by atoms with Crippen molar-refractivity contribution in [1.29, 1.82) is 0 Å². The van der Waals surface area contributed by atoms with Crippen LogP contribution in [0.25, 0.3) is 11.0 Å². The van der Waals surface area contributed by atoms with Crippen LogP contribution in [-0.4, -0.2) is 59.5 Å². The molecule has 0 bridgehead atoms. The van der Waals surface area contributed by atoms with Crippen molar-refractivity contribution in [3.63, 3.8) is 0 Å². The molecule has 3 rings (SSSR count). The highest BCUT2D eigenvalue weighted by Crippen LogP contribution is 2.40. The van der Waals surface area contributed by atoms with Crippen molar-refractivity contribution in [2.45, 2.75) is 37.9 Å². The van der Waals surface area contributed by atoms with Gasteiger partial charge in [0.1, 0.15) is 29.8 Å². The summed E-state index contributed by atoms with van der Waals surface area (Å²) in [5, 5.41) is 39.6. The number of aliphatic hydroxyl groups excluding tert-OH is 2. The molecule has 1 saturated heterocycles. The van der Waals surface area contributed by atoms with E-state index in [0.717, 1.165) is 5.56 Å². The van der Waals surface area contributed by atoms with Crippen LogP contribution in [0, 0.1) is 6.92 Å². The number of nitrogens with zero attached hydrogens (tertiary/aromatic N) is 3. The van der Waals surface area contributed by atoms with Gasteiger partial charge in [0.2, 0.25) is 0 Å². The van der Waals surface area contributed by atoms with Crippen LogP contribution in [0.2, 0.25) is 0 Å². The second-order valence-electron chi connectivity index (χ2n) is 5.63. The van der Waals surface area contributed by atoms with Gasteiger partial charge in [-0.2, -0.15) is 0 Å². The van der Waals surface area contributed by atoms with E-state index in [9.17, 15) is 15.3 Å². The molecule has 1 aliphatic rings. The van der Waals surface area contributed by atoms with Crippen molar-refractivity contribution in [2.75, 3.05) is 12.1 Å².